The van der Waals surface area contributed by atoms with Crippen LogP contribution in [0.3, 0.4) is 0 Å². The van der Waals surface area contributed by atoms with E-state index in [9.17, 15) is 9.50 Å². The summed E-state index contributed by atoms with van der Waals surface area (Å²) in [6.45, 7) is 4.34. The monoisotopic (exact) mass is 328 g/mol. The predicted octanol–water partition coefficient (Wildman–Crippen LogP) is 4.71. The van der Waals surface area contributed by atoms with Gasteiger partial charge in [0.2, 0.25) is 0 Å². The van der Waals surface area contributed by atoms with Crippen molar-refractivity contribution in [3.8, 4) is 0 Å². The Balaban J connectivity index is 2.25. The largest absolute Gasteiger partial charge is 0.389 e. The van der Waals surface area contributed by atoms with Gasteiger partial charge in [-0.25, -0.2) is 4.39 Å². The van der Waals surface area contributed by atoms with Crippen LogP contribution < -0.4 is 0 Å². The normalized spacial score (nSPS) is 27.8. The van der Waals surface area contributed by atoms with Gasteiger partial charge in [0.1, 0.15) is 5.82 Å². The lowest BCUT2D eigenvalue weighted by atomic mass is 9.68. The van der Waals surface area contributed by atoms with Crippen molar-refractivity contribution < 1.29 is 9.50 Å². The summed E-state index contributed by atoms with van der Waals surface area (Å²) in [6, 6.07) is 4.70. The third-order valence-electron chi connectivity index (χ3n) is 4.37. The molecule has 1 nitrogen and oxygen atoms in total. The molecule has 0 aromatic heterocycles. The Morgan fingerprint density at radius 3 is 2.84 bits per heavy atom. The van der Waals surface area contributed by atoms with Crippen molar-refractivity contribution in [2.75, 3.05) is 0 Å². The number of halogens is 2. The second kappa shape index (κ2) is 5.92. The minimum absolute atomic E-state index is 0.237. The van der Waals surface area contributed by atoms with E-state index in [1.165, 1.54) is 18.6 Å². The van der Waals surface area contributed by atoms with Crippen LogP contribution in [0.2, 0.25) is 0 Å². The standard InChI is InChI=1S/C16H22BrFO/c1-11(2)14-5-3-4-8-16(14,19)10-12-9-13(18)6-7-15(12)17/h6-7,9,11,14,19H,3-5,8,10H2,1-2H3. The lowest BCUT2D eigenvalue weighted by molar-refractivity contribution is -0.0654. The Kier molecular flexibility index (Phi) is 4.67. The maximum Gasteiger partial charge on any atom is 0.123 e. The first-order chi connectivity index (χ1) is 8.92. The molecule has 1 N–H and O–H groups in total. The molecule has 1 saturated carbocycles. The number of hydrogen-bond acceptors (Lipinski definition) is 1. The number of rotatable bonds is 3. The van der Waals surface area contributed by atoms with E-state index in [4.69, 9.17) is 0 Å². The molecule has 2 atom stereocenters. The SMILES string of the molecule is CC(C)C1CCCCC1(O)Cc1cc(F)ccc1Br. The van der Waals surface area contributed by atoms with Crippen molar-refractivity contribution in [1.82, 2.24) is 0 Å². The molecule has 1 aromatic carbocycles. The zero-order valence-electron chi connectivity index (χ0n) is 11.6. The first kappa shape index (κ1) is 15.0. The summed E-state index contributed by atoms with van der Waals surface area (Å²) in [4.78, 5) is 0. The van der Waals surface area contributed by atoms with Crippen molar-refractivity contribution in [1.29, 1.82) is 0 Å². The highest BCUT2D eigenvalue weighted by Crippen LogP contribution is 2.41. The van der Waals surface area contributed by atoms with Gasteiger partial charge in [-0.2, -0.15) is 0 Å². The highest BCUT2D eigenvalue weighted by atomic mass is 79.9. The predicted molar refractivity (Wildman–Crippen MR) is 79.5 cm³/mol. The molecule has 1 aliphatic carbocycles. The number of hydrogen-bond donors (Lipinski definition) is 1. The van der Waals surface area contributed by atoms with Crippen molar-refractivity contribution >= 4 is 15.9 Å². The quantitative estimate of drug-likeness (QED) is 0.852. The molecule has 0 heterocycles. The van der Waals surface area contributed by atoms with Gasteiger partial charge in [0, 0.05) is 10.9 Å². The molecule has 1 fully saturated rings. The van der Waals surface area contributed by atoms with Crippen LogP contribution in [0, 0.1) is 17.7 Å². The summed E-state index contributed by atoms with van der Waals surface area (Å²) >= 11 is 3.46. The summed E-state index contributed by atoms with van der Waals surface area (Å²) in [6.07, 6.45) is 4.68. The lowest BCUT2D eigenvalue weighted by Crippen LogP contribution is -2.45. The third-order valence-corrected chi connectivity index (χ3v) is 5.15. The Morgan fingerprint density at radius 1 is 1.42 bits per heavy atom. The molecule has 3 heteroatoms. The summed E-state index contributed by atoms with van der Waals surface area (Å²) in [5.74, 6) is 0.521. The first-order valence-corrected chi connectivity index (χ1v) is 7.88. The van der Waals surface area contributed by atoms with Crippen LogP contribution in [-0.2, 0) is 6.42 Å². The molecule has 19 heavy (non-hydrogen) atoms. The first-order valence-electron chi connectivity index (χ1n) is 7.09. The van der Waals surface area contributed by atoms with Crippen LogP contribution in [0.1, 0.15) is 45.1 Å². The maximum absolute atomic E-state index is 13.4. The van der Waals surface area contributed by atoms with Crippen LogP contribution in [-0.4, -0.2) is 10.7 Å². The smallest absolute Gasteiger partial charge is 0.123 e. The Morgan fingerprint density at radius 2 is 2.16 bits per heavy atom. The maximum atomic E-state index is 13.4. The van der Waals surface area contributed by atoms with Gasteiger partial charge in [-0.1, -0.05) is 42.6 Å². The van der Waals surface area contributed by atoms with Crippen molar-refractivity contribution in [2.45, 2.75) is 51.6 Å². The van der Waals surface area contributed by atoms with Crippen LogP contribution >= 0.6 is 15.9 Å². The zero-order chi connectivity index (χ0) is 14.0. The molecular weight excluding hydrogens is 307 g/mol. The molecule has 0 spiro atoms. The highest BCUT2D eigenvalue weighted by Gasteiger charge is 2.40. The van der Waals surface area contributed by atoms with Gasteiger partial charge in [0.25, 0.3) is 0 Å². The molecule has 0 bridgehead atoms. The number of aliphatic hydroxyl groups is 1. The molecule has 1 aliphatic rings. The van der Waals surface area contributed by atoms with E-state index >= 15 is 0 Å². The van der Waals surface area contributed by atoms with Gasteiger partial charge in [0.05, 0.1) is 5.60 Å². The van der Waals surface area contributed by atoms with Crippen LogP contribution in [0.15, 0.2) is 22.7 Å². The molecule has 0 amide bonds. The van der Waals surface area contributed by atoms with Crippen LogP contribution in [0.4, 0.5) is 4.39 Å². The average molecular weight is 329 g/mol. The van der Waals surface area contributed by atoms with Gasteiger partial charge < -0.3 is 5.11 Å². The molecular formula is C16H22BrFO. The molecule has 1 aromatic rings. The number of benzene rings is 1. The van der Waals surface area contributed by atoms with E-state index in [0.717, 1.165) is 29.3 Å². The van der Waals surface area contributed by atoms with Crippen LogP contribution in [0.25, 0.3) is 0 Å². The fourth-order valence-corrected chi connectivity index (χ4v) is 3.82. The summed E-state index contributed by atoms with van der Waals surface area (Å²) < 4.78 is 14.3. The fraction of sp³-hybridized carbons (Fsp3) is 0.625. The van der Waals surface area contributed by atoms with Gasteiger partial charge in [0.15, 0.2) is 0 Å². The zero-order valence-corrected chi connectivity index (χ0v) is 13.2. The Labute approximate surface area is 123 Å². The van der Waals surface area contributed by atoms with Crippen molar-refractivity contribution in [3.63, 3.8) is 0 Å². The van der Waals surface area contributed by atoms with E-state index < -0.39 is 5.60 Å². The van der Waals surface area contributed by atoms with Gasteiger partial charge in [-0.3, -0.25) is 0 Å². The molecule has 0 radical (unpaired) electrons. The molecule has 0 aliphatic heterocycles. The lowest BCUT2D eigenvalue weighted by Gasteiger charge is -2.42. The summed E-state index contributed by atoms with van der Waals surface area (Å²) in [5.41, 5.74) is 0.179. The van der Waals surface area contributed by atoms with Crippen LogP contribution in [0.5, 0.6) is 0 Å². The van der Waals surface area contributed by atoms with E-state index in [1.54, 1.807) is 6.07 Å². The van der Waals surface area contributed by atoms with E-state index in [0.29, 0.717) is 18.3 Å². The van der Waals surface area contributed by atoms with E-state index in [1.807, 2.05) is 0 Å². The summed E-state index contributed by atoms with van der Waals surface area (Å²) in [5, 5.41) is 11.0. The molecule has 106 valence electrons. The second-order valence-electron chi connectivity index (χ2n) is 6.11. The average Bonchev–Trinajstić information content (AvgIpc) is 2.33. The second-order valence-corrected chi connectivity index (χ2v) is 6.97. The van der Waals surface area contributed by atoms with E-state index in [2.05, 4.69) is 29.8 Å². The topological polar surface area (TPSA) is 20.2 Å². The Bertz CT molecular complexity index is 446. The highest BCUT2D eigenvalue weighted by molar-refractivity contribution is 9.10. The van der Waals surface area contributed by atoms with Gasteiger partial charge >= 0.3 is 0 Å². The third kappa shape index (κ3) is 3.38. The van der Waals surface area contributed by atoms with Crippen molar-refractivity contribution in [3.05, 3.63) is 34.1 Å². The molecule has 0 saturated heterocycles. The minimum atomic E-state index is -0.692. The minimum Gasteiger partial charge on any atom is -0.389 e. The molecule has 2 rings (SSSR count). The van der Waals surface area contributed by atoms with E-state index in [-0.39, 0.29) is 5.82 Å². The Hall–Kier alpha value is -0.410. The van der Waals surface area contributed by atoms with Crippen molar-refractivity contribution in [2.24, 2.45) is 11.8 Å². The molecule has 2 unspecified atom stereocenters. The van der Waals surface area contributed by atoms with Gasteiger partial charge in [-0.05, 0) is 48.4 Å². The fourth-order valence-electron chi connectivity index (χ4n) is 3.43. The summed E-state index contributed by atoms with van der Waals surface area (Å²) in [7, 11) is 0. The van der Waals surface area contributed by atoms with Gasteiger partial charge in [-0.15, -0.1) is 0 Å².